The number of hydrogen-bond acceptors (Lipinski definition) is 6. The Bertz CT molecular complexity index is 1240. The first kappa shape index (κ1) is 21.7. The number of nitrogens with zero attached hydrogens (tertiary/aromatic N) is 5. The maximum Gasteiger partial charge on any atom is 0.269 e. The smallest absolute Gasteiger partial charge is 0.258 e. The zero-order valence-corrected chi connectivity index (χ0v) is 18.6. The summed E-state index contributed by atoms with van der Waals surface area (Å²) in [5, 5.41) is 27.0. The highest BCUT2D eigenvalue weighted by Gasteiger charge is 2.15. The van der Waals surface area contributed by atoms with Crippen molar-refractivity contribution in [1.29, 1.82) is 5.26 Å². The van der Waals surface area contributed by atoms with Crippen molar-refractivity contribution in [3.05, 3.63) is 80.0 Å². The van der Waals surface area contributed by atoms with Crippen LogP contribution in [0.5, 0.6) is 0 Å². The van der Waals surface area contributed by atoms with Crippen LogP contribution in [0.3, 0.4) is 0 Å². The van der Waals surface area contributed by atoms with Crippen LogP contribution in [0.25, 0.3) is 11.3 Å². The molecule has 1 saturated carbocycles. The summed E-state index contributed by atoms with van der Waals surface area (Å²) in [5.41, 5.74) is 4.05. The second-order valence-corrected chi connectivity index (χ2v) is 8.65. The maximum atomic E-state index is 11.0. The van der Waals surface area contributed by atoms with Gasteiger partial charge in [0.05, 0.1) is 34.0 Å². The molecule has 0 atom stereocenters. The summed E-state index contributed by atoms with van der Waals surface area (Å²) in [6.45, 7) is 1.93. The molecule has 7 nitrogen and oxygen atoms in total. The highest BCUT2D eigenvalue weighted by atomic mass is 32.1. The molecule has 0 N–H and O–H groups in total. The number of nitriles is 1. The lowest BCUT2D eigenvalue weighted by atomic mass is 9.96. The van der Waals surface area contributed by atoms with Gasteiger partial charge in [-0.3, -0.25) is 15.1 Å². The van der Waals surface area contributed by atoms with E-state index in [4.69, 9.17) is 15.4 Å². The van der Waals surface area contributed by atoms with Crippen molar-refractivity contribution >= 4 is 22.7 Å². The normalized spacial score (nSPS) is 15.5. The largest absolute Gasteiger partial charge is 0.269 e. The molecule has 2 aromatic carbocycles. The fourth-order valence-corrected chi connectivity index (χ4v) is 4.70. The van der Waals surface area contributed by atoms with E-state index < -0.39 is 4.92 Å². The van der Waals surface area contributed by atoms with Crippen molar-refractivity contribution < 1.29 is 4.92 Å². The summed E-state index contributed by atoms with van der Waals surface area (Å²) in [6, 6.07) is 16.2. The number of nitro benzene ring substituents is 1. The summed E-state index contributed by atoms with van der Waals surface area (Å²) >= 11 is 1.53. The monoisotopic (exact) mass is 445 g/mol. The molecule has 1 aromatic heterocycles. The Morgan fingerprint density at radius 2 is 1.81 bits per heavy atom. The Kier molecular flexibility index (Phi) is 6.57. The van der Waals surface area contributed by atoms with Gasteiger partial charge in [0.25, 0.3) is 5.69 Å². The van der Waals surface area contributed by atoms with Crippen LogP contribution >= 0.6 is 11.3 Å². The van der Waals surface area contributed by atoms with E-state index in [1.165, 1.54) is 42.7 Å². The molecule has 8 heteroatoms. The van der Waals surface area contributed by atoms with E-state index >= 15 is 0 Å². The van der Waals surface area contributed by atoms with Gasteiger partial charge in [-0.05, 0) is 49.6 Å². The van der Waals surface area contributed by atoms with Gasteiger partial charge in [0.15, 0.2) is 0 Å². The van der Waals surface area contributed by atoms with Crippen molar-refractivity contribution in [1.82, 2.24) is 4.68 Å². The van der Waals surface area contributed by atoms with E-state index in [0.29, 0.717) is 11.6 Å². The summed E-state index contributed by atoms with van der Waals surface area (Å²) in [7, 11) is 0. The Labute approximate surface area is 190 Å². The van der Waals surface area contributed by atoms with Crippen LogP contribution in [0.4, 0.5) is 5.69 Å². The quantitative estimate of drug-likeness (QED) is 0.294. The molecule has 0 spiro atoms. The molecule has 1 fully saturated rings. The van der Waals surface area contributed by atoms with E-state index in [2.05, 4.69) is 6.07 Å². The van der Waals surface area contributed by atoms with E-state index in [1.807, 2.05) is 29.1 Å². The lowest BCUT2D eigenvalue weighted by Gasteiger charge is -2.17. The van der Waals surface area contributed by atoms with E-state index in [-0.39, 0.29) is 5.69 Å². The standard InChI is InChI=1S/C24H23N5O2S/c1-17(19-9-7-18(15-25)8-10-19)27-28-23(20-11-13-22(14-12-20)29(30)31)16-32-24(28)26-21-5-3-2-4-6-21/h7-14,16,21H,2-6H2,1H3. The van der Waals surface area contributed by atoms with Crippen LogP contribution in [0.1, 0.15) is 50.2 Å². The third kappa shape index (κ3) is 4.84. The van der Waals surface area contributed by atoms with Crippen LogP contribution < -0.4 is 4.80 Å². The molecule has 162 valence electrons. The minimum Gasteiger partial charge on any atom is -0.258 e. The molecule has 1 aliphatic rings. The molecule has 0 saturated heterocycles. The Hall–Kier alpha value is -3.57. The summed E-state index contributed by atoms with van der Waals surface area (Å²) in [5.74, 6) is 0. The second-order valence-electron chi connectivity index (χ2n) is 7.81. The van der Waals surface area contributed by atoms with Crippen LogP contribution in [0.15, 0.2) is 64.0 Å². The molecule has 0 amide bonds. The first-order chi connectivity index (χ1) is 15.5. The van der Waals surface area contributed by atoms with E-state index in [1.54, 1.807) is 24.3 Å². The minimum atomic E-state index is -0.400. The summed E-state index contributed by atoms with van der Waals surface area (Å²) < 4.78 is 1.84. The molecular weight excluding hydrogens is 422 g/mol. The Balaban J connectivity index is 1.79. The molecule has 3 aromatic rings. The van der Waals surface area contributed by atoms with Gasteiger partial charge in [0.1, 0.15) is 0 Å². The maximum absolute atomic E-state index is 11.0. The van der Waals surface area contributed by atoms with Gasteiger partial charge in [-0.25, -0.2) is 4.68 Å². The third-order valence-corrected chi connectivity index (χ3v) is 6.44. The molecular formula is C24H23N5O2S. The first-order valence-electron chi connectivity index (χ1n) is 10.6. The number of nitro groups is 1. The van der Waals surface area contributed by atoms with Gasteiger partial charge < -0.3 is 0 Å². The lowest BCUT2D eigenvalue weighted by molar-refractivity contribution is -0.384. The van der Waals surface area contributed by atoms with Gasteiger partial charge in [-0.1, -0.05) is 31.4 Å². The van der Waals surface area contributed by atoms with Gasteiger partial charge in [0, 0.05) is 23.1 Å². The van der Waals surface area contributed by atoms with Crippen molar-refractivity contribution in [2.24, 2.45) is 10.1 Å². The molecule has 1 heterocycles. The van der Waals surface area contributed by atoms with Crippen molar-refractivity contribution in [3.8, 4) is 17.3 Å². The number of thiazole rings is 1. The summed E-state index contributed by atoms with van der Waals surface area (Å²) in [4.78, 5) is 16.5. The molecule has 0 radical (unpaired) electrons. The van der Waals surface area contributed by atoms with Crippen LogP contribution in [0.2, 0.25) is 0 Å². The predicted molar refractivity (Wildman–Crippen MR) is 126 cm³/mol. The molecule has 1 aliphatic carbocycles. The summed E-state index contributed by atoms with van der Waals surface area (Å²) in [6.07, 6.45) is 5.83. The fraction of sp³-hybridized carbons (Fsp3) is 0.292. The lowest BCUT2D eigenvalue weighted by Crippen LogP contribution is -2.19. The molecule has 0 bridgehead atoms. The van der Waals surface area contributed by atoms with Gasteiger partial charge in [0.2, 0.25) is 4.80 Å². The van der Waals surface area contributed by atoms with Crippen molar-refractivity contribution in [2.45, 2.75) is 45.1 Å². The van der Waals surface area contributed by atoms with E-state index in [0.717, 1.165) is 40.2 Å². The van der Waals surface area contributed by atoms with Gasteiger partial charge in [-0.15, -0.1) is 11.3 Å². The Morgan fingerprint density at radius 3 is 2.44 bits per heavy atom. The first-order valence-corrected chi connectivity index (χ1v) is 11.5. The zero-order valence-electron chi connectivity index (χ0n) is 17.8. The Morgan fingerprint density at radius 1 is 1.12 bits per heavy atom. The number of non-ortho nitro benzene ring substituents is 1. The van der Waals surface area contributed by atoms with E-state index in [9.17, 15) is 10.1 Å². The van der Waals surface area contributed by atoms with Gasteiger partial charge in [-0.2, -0.15) is 10.4 Å². The zero-order chi connectivity index (χ0) is 22.5. The average Bonchev–Trinajstić information content (AvgIpc) is 3.21. The van der Waals surface area contributed by atoms with Crippen molar-refractivity contribution in [3.63, 3.8) is 0 Å². The predicted octanol–water partition coefficient (Wildman–Crippen LogP) is 5.50. The highest BCUT2D eigenvalue weighted by Crippen LogP contribution is 2.25. The molecule has 32 heavy (non-hydrogen) atoms. The van der Waals surface area contributed by atoms with Crippen LogP contribution in [-0.4, -0.2) is 21.4 Å². The van der Waals surface area contributed by atoms with Crippen LogP contribution in [-0.2, 0) is 0 Å². The van der Waals surface area contributed by atoms with Gasteiger partial charge >= 0.3 is 0 Å². The number of rotatable bonds is 5. The topological polar surface area (TPSA) is 96.6 Å². The number of aromatic nitrogens is 1. The fourth-order valence-electron chi connectivity index (χ4n) is 3.80. The average molecular weight is 446 g/mol. The third-order valence-electron chi connectivity index (χ3n) is 5.61. The van der Waals surface area contributed by atoms with Crippen LogP contribution in [0, 0.1) is 21.4 Å². The molecule has 0 unspecified atom stereocenters. The minimum absolute atomic E-state index is 0.0555. The highest BCUT2D eigenvalue weighted by molar-refractivity contribution is 7.07. The number of hydrogen-bond donors (Lipinski definition) is 0. The molecule has 4 rings (SSSR count). The SMILES string of the molecule is CC(=Nn1c(-c2ccc([N+](=O)[O-])cc2)csc1=NC1CCCCC1)c1ccc(C#N)cc1. The number of benzene rings is 2. The van der Waals surface area contributed by atoms with Crippen molar-refractivity contribution in [2.75, 3.05) is 0 Å². The second kappa shape index (κ2) is 9.71. The molecule has 0 aliphatic heterocycles.